The van der Waals surface area contributed by atoms with Crippen molar-refractivity contribution in [3.63, 3.8) is 0 Å². The van der Waals surface area contributed by atoms with Gasteiger partial charge in [0.1, 0.15) is 0 Å². The predicted molar refractivity (Wildman–Crippen MR) is 103 cm³/mol. The fraction of sp³-hybridized carbons (Fsp3) is 0.650. The molecule has 26 heavy (non-hydrogen) atoms. The van der Waals surface area contributed by atoms with Gasteiger partial charge < -0.3 is 20.1 Å². The number of carbonyl (C=O) groups excluding carboxylic acids is 1. The first-order valence-electron chi connectivity index (χ1n) is 9.76. The number of carbonyl (C=O) groups is 1. The topological polar surface area (TPSA) is 65.0 Å². The summed E-state index contributed by atoms with van der Waals surface area (Å²) in [7, 11) is 2.05. The zero-order valence-electron chi connectivity index (χ0n) is 15.7. The summed E-state index contributed by atoms with van der Waals surface area (Å²) in [6, 6.07) is 5.71. The van der Waals surface area contributed by atoms with Gasteiger partial charge in [0.2, 0.25) is 0 Å². The summed E-state index contributed by atoms with van der Waals surface area (Å²) in [5.41, 5.74) is 2.52. The van der Waals surface area contributed by atoms with Crippen molar-refractivity contribution in [1.29, 1.82) is 0 Å². The van der Waals surface area contributed by atoms with Crippen LogP contribution in [0.3, 0.4) is 0 Å². The molecule has 0 aromatic heterocycles. The first kappa shape index (κ1) is 19.1. The van der Waals surface area contributed by atoms with Crippen LogP contribution < -0.4 is 10.2 Å². The molecule has 1 aromatic rings. The number of morpholine rings is 1. The standard InChI is InChI=1S/C20H31N3O3/c1-22-9-4-2-3-5-19(24)17-15-16(6-7-18(17)22)20(25)21-8-10-23-11-13-26-14-12-23/h6-7,15,19,24H,2-5,8-14H2,1H3,(H,21,25). The fourth-order valence-electron chi connectivity index (χ4n) is 3.70. The van der Waals surface area contributed by atoms with Crippen LogP contribution in [-0.2, 0) is 4.74 Å². The minimum absolute atomic E-state index is 0.0733. The SMILES string of the molecule is CN1CCCCCC(O)c2cc(C(=O)NCCN3CCOCC3)ccc21. The molecule has 1 amide bonds. The van der Waals surface area contributed by atoms with Crippen molar-refractivity contribution >= 4 is 11.6 Å². The van der Waals surface area contributed by atoms with Gasteiger partial charge in [0.05, 0.1) is 19.3 Å². The maximum absolute atomic E-state index is 12.5. The zero-order chi connectivity index (χ0) is 18.4. The highest BCUT2D eigenvalue weighted by Crippen LogP contribution is 2.31. The third kappa shape index (κ3) is 4.96. The molecule has 6 nitrogen and oxygen atoms in total. The highest BCUT2D eigenvalue weighted by Gasteiger charge is 2.19. The van der Waals surface area contributed by atoms with E-state index >= 15 is 0 Å². The number of hydrogen-bond acceptors (Lipinski definition) is 5. The number of nitrogens with one attached hydrogen (secondary N) is 1. The highest BCUT2D eigenvalue weighted by molar-refractivity contribution is 5.95. The van der Waals surface area contributed by atoms with E-state index in [2.05, 4.69) is 22.2 Å². The van der Waals surface area contributed by atoms with Crippen molar-refractivity contribution in [2.45, 2.75) is 31.8 Å². The summed E-state index contributed by atoms with van der Waals surface area (Å²) in [6.07, 6.45) is 3.52. The Morgan fingerprint density at radius 2 is 2.04 bits per heavy atom. The number of aliphatic hydroxyl groups is 1. The van der Waals surface area contributed by atoms with Crippen LogP contribution >= 0.6 is 0 Å². The Balaban J connectivity index is 1.64. The van der Waals surface area contributed by atoms with Gasteiger partial charge in [-0.3, -0.25) is 9.69 Å². The summed E-state index contributed by atoms with van der Waals surface area (Å²) in [5.74, 6) is -0.0733. The molecule has 144 valence electrons. The fourth-order valence-corrected chi connectivity index (χ4v) is 3.70. The Morgan fingerprint density at radius 3 is 2.85 bits per heavy atom. The Morgan fingerprint density at radius 1 is 1.23 bits per heavy atom. The van der Waals surface area contributed by atoms with Crippen LogP contribution in [-0.4, -0.2) is 68.9 Å². The van der Waals surface area contributed by atoms with E-state index in [4.69, 9.17) is 4.74 Å². The van der Waals surface area contributed by atoms with Gasteiger partial charge >= 0.3 is 0 Å². The second kappa shape index (κ2) is 9.35. The second-order valence-corrected chi connectivity index (χ2v) is 7.27. The summed E-state index contributed by atoms with van der Waals surface area (Å²) in [5, 5.41) is 13.6. The Kier molecular flexibility index (Phi) is 6.88. The van der Waals surface area contributed by atoms with E-state index in [0.717, 1.165) is 76.3 Å². The molecule has 1 saturated heterocycles. The van der Waals surface area contributed by atoms with Gasteiger partial charge in [0.25, 0.3) is 5.91 Å². The summed E-state index contributed by atoms with van der Waals surface area (Å²) >= 11 is 0. The first-order valence-corrected chi connectivity index (χ1v) is 9.76. The molecule has 2 heterocycles. The molecule has 0 saturated carbocycles. The van der Waals surface area contributed by atoms with Crippen molar-refractivity contribution < 1.29 is 14.6 Å². The number of nitrogens with zero attached hydrogens (tertiary/aromatic N) is 2. The molecule has 1 atom stereocenters. The van der Waals surface area contributed by atoms with Gasteiger partial charge in [-0.2, -0.15) is 0 Å². The predicted octanol–water partition coefficient (Wildman–Crippen LogP) is 1.79. The van der Waals surface area contributed by atoms with Gasteiger partial charge in [-0.15, -0.1) is 0 Å². The van der Waals surface area contributed by atoms with E-state index in [0.29, 0.717) is 12.1 Å². The molecule has 0 spiro atoms. The van der Waals surface area contributed by atoms with E-state index in [1.807, 2.05) is 18.2 Å². The Hall–Kier alpha value is -1.63. The second-order valence-electron chi connectivity index (χ2n) is 7.27. The van der Waals surface area contributed by atoms with Crippen LogP contribution in [0, 0.1) is 0 Å². The van der Waals surface area contributed by atoms with E-state index in [9.17, 15) is 9.90 Å². The number of ether oxygens (including phenoxy) is 1. The maximum atomic E-state index is 12.5. The van der Waals surface area contributed by atoms with E-state index in [-0.39, 0.29) is 5.91 Å². The molecule has 2 aliphatic heterocycles. The van der Waals surface area contributed by atoms with Crippen LogP contribution in [0.15, 0.2) is 18.2 Å². The van der Waals surface area contributed by atoms with Crippen molar-refractivity contribution in [3.05, 3.63) is 29.3 Å². The molecule has 0 radical (unpaired) electrons. The lowest BCUT2D eigenvalue weighted by molar-refractivity contribution is 0.0383. The molecule has 0 aliphatic carbocycles. The molecule has 2 N–H and O–H groups in total. The number of fused-ring (bicyclic) bond motifs is 1. The Labute approximate surface area is 156 Å². The highest BCUT2D eigenvalue weighted by atomic mass is 16.5. The van der Waals surface area contributed by atoms with E-state index in [1.54, 1.807) is 0 Å². The molecular weight excluding hydrogens is 330 g/mol. The maximum Gasteiger partial charge on any atom is 0.251 e. The average Bonchev–Trinajstić information content (AvgIpc) is 2.73. The number of benzene rings is 1. The summed E-state index contributed by atoms with van der Waals surface area (Å²) in [6.45, 7) is 5.82. The zero-order valence-corrected chi connectivity index (χ0v) is 15.7. The number of amides is 1. The lowest BCUT2D eigenvalue weighted by Crippen LogP contribution is -2.41. The van der Waals surface area contributed by atoms with Crippen molar-refractivity contribution in [3.8, 4) is 0 Å². The van der Waals surface area contributed by atoms with Crippen LogP contribution in [0.4, 0.5) is 5.69 Å². The van der Waals surface area contributed by atoms with Crippen LogP contribution in [0.25, 0.3) is 0 Å². The average molecular weight is 361 g/mol. The quantitative estimate of drug-likeness (QED) is 0.856. The lowest BCUT2D eigenvalue weighted by atomic mass is 9.99. The van der Waals surface area contributed by atoms with E-state index in [1.165, 1.54) is 0 Å². The minimum atomic E-state index is -0.508. The van der Waals surface area contributed by atoms with Gasteiger partial charge in [-0.25, -0.2) is 0 Å². The lowest BCUT2D eigenvalue weighted by Gasteiger charge is -2.26. The van der Waals surface area contributed by atoms with Crippen molar-refractivity contribution in [2.24, 2.45) is 0 Å². The van der Waals surface area contributed by atoms with Crippen LogP contribution in [0.5, 0.6) is 0 Å². The largest absolute Gasteiger partial charge is 0.388 e. The normalized spacial score (nSPS) is 22.1. The minimum Gasteiger partial charge on any atom is -0.388 e. The molecule has 1 aromatic carbocycles. The van der Waals surface area contributed by atoms with Gasteiger partial charge in [-0.05, 0) is 31.0 Å². The van der Waals surface area contributed by atoms with Gasteiger partial charge in [-0.1, -0.05) is 12.8 Å². The molecule has 1 fully saturated rings. The van der Waals surface area contributed by atoms with E-state index < -0.39 is 6.10 Å². The third-order valence-electron chi connectivity index (χ3n) is 5.35. The number of hydrogen-bond donors (Lipinski definition) is 2. The molecule has 3 rings (SSSR count). The molecular formula is C20H31N3O3. The van der Waals surface area contributed by atoms with Crippen molar-refractivity contribution in [2.75, 3.05) is 57.9 Å². The summed E-state index contributed by atoms with van der Waals surface area (Å²) in [4.78, 5) is 17.0. The van der Waals surface area contributed by atoms with Crippen LogP contribution in [0.1, 0.15) is 47.7 Å². The number of rotatable bonds is 4. The monoisotopic (exact) mass is 361 g/mol. The summed E-state index contributed by atoms with van der Waals surface area (Å²) < 4.78 is 5.34. The van der Waals surface area contributed by atoms with Crippen molar-refractivity contribution in [1.82, 2.24) is 10.2 Å². The smallest absolute Gasteiger partial charge is 0.251 e. The Bertz CT molecular complexity index is 602. The number of anilines is 1. The molecule has 2 aliphatic rings. The molecule has 1 unspecified atom stereocenters. The van der Waals surface area contributed by atoms with Crippen LogP contribution in [0.2, 0.25) is 0 Å². The molecule has 0 bridgehead atoms. The molecule has 6 heteroatoms. The number of aliphatic hydroxyl groups excluding tert-OH is 1. The first-order chi connectivity index (χ1) is 12.6. The van der Waals surface area contributed by atoms with Gasteiger partial charge in [0.15, 0.2) is 0 Å². The van der Waals surface area contributed by atoms with Gasteiger partial charge in [0, 0.05) is 56.6 Å². The third-order valence-corrected chi connectivity index (χ3v) is 5.35.